The highest BCUT2D eigenvalue weighted by molar-refractivity contribution is 6.62. The summed E-state index contributed by atoms with van der Waals surface area (Å²) in [5.74, 6) is 0. The first-order chi connectivity index (χ1) is 16.9. The molecule has 0 N–H and O–H groups in total. The fraction of sp³-hybridized carbons (Fsp3) is 0.188. The van der Waals surface area contributed by atoms with Crippen molar-refractivity contribution in [3.63, 3.8) is 0 Å². The predicted octanol–water partition coefficient (Wildman–Crippen LogP) is 7.63. The molecule has 2 nitrogen and oxygen atoms in total. The fourth-order valence-electron chi connectivity index (χ4n) is 5.14. The van der Waals surface area contributed by atoms with Crippen LogP contribution in [0.15, 0.2) is 103 Å². The van der Waals surface area contributed by atoms with Crippen molar-refractivity contribution in [1.82, 2.24) is 0 Å². The number of fused-ring (bicyclic) bond motifs is 3. The van der Waals surface area contributed by atoms with E-state index in [1.165, 1.54) is 43.8 Å². The van der Waals surface area contributed by atoms with E-state index in [0.717, 1.165) is 5.46 Å². The zero-order valence-electron chi connectivity index (χ0n) is 20.7. The molecule has 0 aromatic heterocycles. The molecular weight excluding hydrogens is 427 g/mol. The first kappa shape index (κ1) is 22.1. The molecule has 0 aliphatic carbocycles. The summed E-state index contributed by atoms with van der Waals surface area (Å²) in [6, 6.07) is 36.8. The molecule has 35 heavy (non-hydrogen) atoms. The number of hydrogen-bond donors (Lipinski definition) is 0. The van der Waals surface area contributed by atoms with Gasteiger partial charge in [0.25, 0.3) is 0 Å². The van der Waals surface area contributed by atoms with E-state index < -0.39 is 7.12 Å². The van der Waals surface area contributed by atoms with Gasteiger partial charge in [-0.1, -0.05) is 103 Å². The van der Waals surface area contributed by atoms with Gasteiger partial charge in [-0.2, -0.15) is 0 Å². The second-order valence-electron chi connectivity index (χ2n) is 10.4. The molecule has 0 bridgehead atoms. The Balaban J connectivity index is 1.70. The van der Waals surface area contributed by atoms with E-state index in [1.807, 2.05) is 0 Å². The van der Waals surface area contributed by atoms with E-state index in [0.29, 0.717) is 0 Å². The fourth-order valence-corrected chi connectivity index (χ4v) is 5.14. The maximum absolute atomic E-state index is 6.42. The number of benzene rings is 5. The van der Waals surface area contributed by atoms with Gasteiger partial charge < -0.3 is 9.31 Å². The van der Waals surface area contributed by atoms with Crippen LogP contribution in [-0.4, -0.2) is 18.3 Å². The molecule has 0 unspecified atom stereocenters. The maximum Gasteiger partial charge on any atom is 0.494 e. The third-order valence-electron chi connectivity index (χ3n) is 7.70. The Hall–Kier alpha value is -3.40. The molecule has 6 rings (SSSR count). The molecule has 3 heteroatoms. The largest absolute Gasteiger partial charge is 0.494 e. The Bertz CT molecular complexity index is 1520. The molecule has 0 radical (unpaired) electrons. The highest BCUT2D eigenvalue weighted by atomic mass is 16.7. The molecular formula is C32H29BO2. The monoisotopic (exact) mass is 456 g/mol. The quantitative estimate of drug-likeness (QED) is 0.205. The molecule has 0 amide bonds. The average molecular weight is 456 g/mol. The molecule has 1 aliphatic heterocycles. The first-order valence-electron chi connectivity index (χ1n) is 12.3. The molecule has 1 saturated heterocycles. The van der Waals surface area contributed by atoms with Gasteiger partial charge in [-0.05, 0) is 77.0 Å². The standard InChI is InChI=1S/C32H29BO2/c1-31(2)32(3,4)35-33(34-31)24-19-20-26-25-17-11-12-18-27(25)29(22-13-7-5-8-14-22)30(28(26)21-24)23-15-9-6-10-16-23/h5-21H,1-4H3. The van der Waals surface area contributed by atoms with Crippen LogP contribution in [-0.2, 0) is 9.31 Å². The molecule has 0 atom stereocenters. The van der Waals surface area contributed by atoms with Crippen LogP contribution in [0.5, 0.6) is 0 Å². The van der Waals surface area contributed by atoms with E-state index in [4.69, 9.17) is 9.31 Å². The number of hydrogen-bond acceptors (Lipinski definition) is 2. The zero-order chi connectivity index (χ0) is 24.2. The second-order valence-corrected chi connectivity index (χ2v) is 10.4. The predicted molar refractivity (Wildman–Crippen MR) is 148 cm³/mol. The van der Waals surface area contributed by atoms with Crippen LogP contribution in [0.1, 0.15) is 27.7 Å². The van der Waals surface area contributed by atoms with Gasteiger partial charge >= 0.3 is 7.12 Å². The van der Waals surface area contributed by atoms with Crippen molar-refractivity contribution >= 4 is 34.1 Å². The Kier molecular flexibility index (Phi) is 5.10. The lowest BCUT2D eigenvalue weighted by atomic mass is 9.76. The van der Waals surface area contributed by atoms with Crippen LogP contribution in [0.25, 0.3) is 43.8 Å². The molecule has 1 heterocycles. The van der Waals surface area contributed by atoms with Crippen LogP contribution < -0.4 is 5.46 Å². The smallest absolute Gasteiger partial charge is 0.399 e. The van der Waals surface area contributed by atoms with Crippen molar-refractivity contribution in [3.8, 4) is 22.3 Å². The van der Waals surface area contributed by atoms with E-state index in [2.05, 4.69) is 131 Å². The van der Waals surface area contributed by atoms with Gasteiger partial charge in [-0.15, -0.1) is 0 Å². The molecule has 172 valence electrons. The summed E-state index contributed by atoms with van der Waals surface area (Å²) in [5.41, 5.74) is 5.19. The average Bonchev–Trinajstić information content (AvgIpc) is 3.10. The van der Waals surface area contributed by atoms with Crippen molar-refractivity contribution in [2.75, 3.05) is 0 Å². The van der Waals surface area contributed by atoms with Crippen LogP contribution in [0.4, 0.5) is 0 Å². The van der Waals surface area contributed by atoms with Gasteiger partial charge in [0, 0.05) is 0 Å². The van der Waals surface area contributed by atoms with Crippen molar-refractivity contribution in [2.45, 2.75) is 38.9 Å². The summed E-state index contributed by atoms with van der Waals surface area (Å²) in [6.07, 6.45) is 0. The molecule has 1 aliphatic rings. The minimum absolute atomic E-state index is 0.381. The lowest BCUT2D eigenvalue weighted by molar-refractivity contribution is 0.00578. The van der Waals surface area contributed by atoms with Crippen molar-refractivity contribution in [3.05, 3.63) is 103 Å². The van der Waals surface area contributed by atoms with Crippen molar-refractivity contribution in [1.29, 1.82) is 0 Å². The van der Waals surface area contributed by atoms with Gasteiger partial charge in [0.2, 0.25) is 0 Å². The molecule has 5 aromatic carbocycles. The number of rotatable bonds is 3. The summed E-state index contributed by atoms with van der Waals surface area (Å²) in [5, 5.41) is 4.95. The van der Waals surface area contributed by atoms with Crippen LogP contribution in [0, 0.1) is 0 Å². The highest BCUT2D eigenvalue weighted by Crippen LogP contribution is 2.44. The van der Waals surface area contributed by atoms with Crippen LogP contribution in [0.2, 0.25) is 0 Å². The Labute approximate surface area is 207 Å². The topological polar surface area (TPSA) is 18.5 Å². The second kappa shape index (κ2) is 8.08. The molecule has 0 spiro atoms. The van der Waals surface area contributed by atoms with E-state index in [-0.39, 0.29) is 11.2 Å². The molecule has 5 aromatic rings. The van der Waals surface area contributed by atoms with Crippen molar-refractivity contribution < 1.29 is 9.31 Å². The minimum Gasteiger partial charge on any atom is -0.399 e. The minimum atomic E-state index is -0.403. The van der Waals surface area contributed by atoms with Crippen molar-refractivity contribution in [2.24, 2.45) is 0 Å². The van der Waals surface area contributed by atoms with Gasteiger partial charge in [-0.3, -0.25) is 0 Å². The highest BCUT2D eigenvalue weighted by Gasteiger charge is 2.51. The summed E-state index contributed by atoms with van der Waals surface area (Å²) in [7, 11) is -0.403. The van der Waals surface area contributed by atoms with Crippen LogP contribution in [0.3, 0.4) is 0 Å². The zero-order valence-corrected chi connectivity index (χ0v) is 20.7. The van der Waals surface area contributed by atoms with Crippen LogP contribution >= 0.6 is 0 Å². The van der Waals surface area contributed by atoms with Gasteiger partial charge in [0.1, 0.15) is 0 Å². The Morgan fingerprint density at radius 3 is 1.51 bits per heavy atom. The lowest BCUT2D eigenvalue weighted by Gasteiger charge is -2.32. The Morgan fingerprint density at radius 2 is 0.943 bits per heavy atom. The molecule has 0 saturated carbocycles. The van der Waals surface area contributed by atoms with Gasteiger partial charge in [0.05, 0.1) is 11.2 Å². The summed E-state index contributed by atoms with van der Waals surface area (Å²) < 4.78 is 12.8. The van der Waals surface area contributed by atoms with Gasteiger partial charge in [-0.25, -0.2) is 0 Å². The summed E-state index contributed by atoms with van der Waals surface area (Å²) >= 11 is 0. The molecule has 1 fully saturated rings. The first-order valence-corrected chi connectivity index (χ1v) is 12.3. The van der Waals surface area contributed by atoms with E-state index in [1.54, 1.807) is 0 Å². The summed E-state index contributed by atoms with van der Waals surface area (Å²) in [6.45, 7) is 8.41. The lowest BCUT2D eigenvalue weighted by Crippen LogP contribution is -2.41. The summed E-state index contributed by atoms with van der Waals surface area (Å²) in [4.78, 5) is 0. The third kappa shape index (κ3) is 3.58. The van der Waals surface area contributed by atoms with Gasteiger partial charge in [0.15, 0.2) is 0 Å². The van der Waals surface area contributed by atoms with E-state index in [9.17, 15) is 0 Å². The third-order valence-corrected chi connectivity index (χ3v) is 7.70. The normalized spacial score (nSPS) is 16.7. The van der Waals surface area contributed by atoms with E-state index >= 15 is 0 Å². The maximum atomic E-state index is 6.42. The SMILES string of the molecule is CC1(C)OB(c2ccc3c(c2)c(-c2ccccc2)c(-c2ccccc2)c2ccccc23)OC1(C)C. The Morgan fingerprint density at radius 1 is 0.486 bits per heavy atom.